The summed E-state index contributed by atoms with van der Waals surface area (Å²) in [5, 5.41) is 10.8. The minimum Gasteiger partial charge on any atom is -0.408 e. The zero-order valence-corrected chi connectivity index (χ0v) is 10.0. The molecule has 3 N–H and O–H groups in total. The van der Waals surface area contributed by atoms with Crippen molar-refractivity contribution in [2.45, 2.75) is 25.7 Å². The van der Waals surface area contributed by atoms with Gasteiger partial charge in [0.15, 0.2) is 0 Å². The van der Waals surface area contributed by atoms with Crippen LogP contribution in [0.5, 0.6) is 0 Å². The van der Waals surface area contributed by atoms with E-state index >= 15 is 0 Å². The lowest BCUT2D eigenvalue weighted by atomic mass is 10.4. The van der Waals surface area contributed by atoms with Gasteiger partial charge in [-0.25, -0.2) is 0 Å². The number of aromatic nitrogens is 2. The van der Waals surface area contributed by atoms with E-state index < -0.39 is 0 Å². The molecule has 6 nitrogen and oxygen atoms in total. The Morgan fingerprint density at radius 3 is 3.06 bits per heavy atom. The number of nitrogens with two attached hydrogens (primary N) is 1. The fourth-order valence-electron chi connectivity index (χ4n) is 1.45. The van der Waals surface area contributed by atoms with Crippen LogP contribution in [0.15, 0.2) is 4.42 Å². The van der Waals surface area contributed by atoms with Crippen LogP contribution >= 0.6 is 0 Å². The second kappa shape index (κ2) is 6.56. The molecule has 1 heterocycles. The van der Waals surface area contributed by atoms with Gasteiger partial charge in [-0.15, -0.1) is 5.10 Å². The SMILES string of the molecule is NCCc1nnc(NCCCOCC2CC2)o1. The molecule has 0 spiro atoms. The molecule has 1 saturated carbocycles. The average molecular weight is 240 g/mol. The molecule has 1 aliphatic carbocycles. The van der Waals surface area contributed by atoms with Crippen LogP contribution in [0.1, 0.15) is 25.2 Å². The summed E-state index contributed by atoms with van der Waals surface area (Å²) in [6.45, 7) is 3.01. The third-order valence-corrected chi connectivity index (χ3v) is 2.62. The zero-order valence-electron chi connectivity index (χ0n) is 10.0. The second-order valence-electron chi connectivity index (χ2n) is 4.34. The topological polar surface area (TPSA) is 86.2 Å². The van der Waals surface area contributed by atoms with Gasteiger partial charge < -0.3 is 20.2 Å². The number of nitrogens with zero attached hydrogens (tertiary/aromatic N) is 2. The van der Waals surface area contributed by atoms with Gasteiger partial charge in [0.2, 0.25) is 5.89 Å². The van der Waals surface area contributed by atoms with Crippen molar-refractivity contribution in [3.63, 3.8) is 0 Å². The summed E-state index contributed by atoms with van der Waals surface area (Å²) in [7, 11) is 0. The molecule has 6 heteroatoms. The van der Waals surface area contributed by atoms with Gasteiger partial charge in [0.1, 0.15) is 0 Å². The van der Waals surface area contributed by atoms with Crippen molar-refractivity contribution in [3.05, 3.63) is 5.89 Å². The Balaban J connectivity index is 1.50. The number of rotatable bonds is 9. The predicted molar refractivity (Wildman–Crippen MR) is 63.7 cm³/mol. The smallest absolute Gasteiger partial charge is 0.315 e. The normalized spacial score (nSPS) is 15.1. The standard InChI is InChI=1S/C11H20N4O2/c12-5-4-10-14-15-11(17-10)13-6-1-7-16-8-9-2-3-9/h9H,1-8,12H2,(H,13,15). The highest BCUT2D eigenvalue weighted by atomic mass is 16.5. The third-order valence-electron chi connectivity index (χ3n) is 2.62. The van der Waals surface area contributed by atoms with E-state index in [1.54, 1.807) is 0 Å². The molecular weight excluding hydrogens is 220 g/mol. The largest absolute Gasteiger partial charge is 0.408 e. The monoisotopic (exact) mass is 240 g/mol. The van der Waals surface area contributed by atoms with Crippen molar-refractivity contribution in [1.29, 1.82) is 0 Å². The first-order chi connectivity index (χ1) is 8.38. The van der Waals surface area contributed by atoms with E-state index in [4.69, 9.17) is 14.9 Å². The van der Waals surface area contributed by atoms with E-state index in [9.17, 15) is 0 Å². The first kappa shape index (κ1) is 12.3. The Kier molecular flexibility index (Phi) is 4.75. The third kappa shape index (κ3) is 4.70. The van der Waals surface area contributed by atoms with Crippen molar-refractivity contribution >= 4 is 6.01 Å². The summed E-state index contributed by atoms with van der Waals surface area (Å²) in [4.78, 5) is 0. The summed E-state index contributed by atoms with van der Waals surface area (Å²) in [5.74, 6) is 1.41. The van der Waals surface area contributed by atoms with Gasteiger partial charge in [-0.1, -0.05) is 5.10 Å². The summed E-state index contributed by atoms with van der Waals surface area (Å²) >= 11 is 0. The molecule has 0 bridgehead atoms. The van der Waals surface area contributed by atoms with Gasteiger partial charge in [-0.2, -0.15) is 0 Å². The summed E-state index contributed by atoms with van der Waals surface area (Å²) in [6.07, 6.45) is 4.24. The highest BCUT2D eigenvalue weighted by molar-refractivity contribution is 5.16. The molecular formula is C11H20N4O2. The van der Waals surface area contributed by atoms with Crippen LogP contribution in [-0.2, 0) is 11.2 Å². The number of anilines is 1. The predicted octanol–water partition coefficient (Wildman–Crippen LogP) is 0.799. The number of ether oxygens (including phenoxy) is 1. The van der Waals surface area contributed by atoms with Crippen molar-refractivity contribution in [1.82, 2.24) is 10.2 Å². The summed E-state index contributed by atoms with van der Waals surface area (Å²) in [5.41, 5.74) is 5.39. The Hall–Kier alpha value is -1.14. The van der Waals surface area contributed by atoms with Gasteiger partial charge in [-0.3, -0.25) is 0 Å². The highest BCUT2D eigenvalue weighted by Gasteiger charge is 2.20. The quantitative estimate of drug-likeness (QED) is 0.621. The van der Waals surface area contributed by atoms with Crippen LogP contribution in [0.3, 0.4) is 0 Å². The Labute approximate surface area is 101 Å². The number of nitrogens with one attached hydrogen (secondary N) is 1. The average Bonchev–Trinajstić information content (AvgIpc) is 3.05. The molecule has 0 radical (unpaired) electrons. The molecule has 0 amide bonds. The molecule has 1 aromatic heterocycles. The van der Waals surface area contributed by atoms with Gasteiger partial charge in [0, 0.05) is 32.7 Å². The van der Waals surface area contributed by atoms with Crippen molar-refractivity contribution < 1.29 is 9.15 Å². The molecule has 1 fully saturated rings. The van der Waals surface area contributed by atoms with Gasteiger partial charge in [0.25, 0.3) is 0 Å². The fraction of sp³-hybridized carbons (Fsp3) is 0.818. The molecule has 17 heavy (non-hydrogen) atoms. The summed E-state index contributed by atoms with van der Waals surface area (Å²) < 4.78 is 10.8. The van der Waals surface area contributed by atoms with Crippen molar-refractivity contribution in [2.24, 2.45) is 11.7 Å². The minimum absolute atomic E-state index is 0.468. The van der Waals surface area contributed by atoms with Crippen molar-refractivity contribution in [3.8, 4) is 0 Å². The van der Waals surface area contributed by atoms with E-state index in [2.05, 4.69) is 15.5 Å². The minimum atomic E-state index is 0.468. The maximum atomic E-state index is 5.52. The first-order valence-electron chi connectivity index (χ1n) is 6.22. The Morgan fingerprint density at radius 1 is 1.41 bits per heavy atom. The highest BCUT2D eigenvalue weighted by Crippen LogP contribution is 2.28. The molecule has 1 aliphatic rings. The molecule has 1 aromatic rings. The second-order valence-corrected chi connectivity index (χ2v) is 4.34. The molecule has 0 aliphatic heterocycles. The lowest BCUT2D eigenvalue weighted by Gasteiger charge is -2.03. The Bertz CT molecular complexity index is 325. The van der Waals surface area contributed by atoms with Gasteiger partial charge in [0.05, 0.1) is 0 Å². The summed E-state index contributed by atoms with van der Waals surface area (Å²) in [6, 6.07) is 0.468. The van der Waals surface area contributed by atoms with Crippen LogP contribution < -0.4 is 11.1 Å². The van der Waals surface area contributed by atoms with Crippen LogP contribution in [-0.4, -0.2) is 36.5 Å². The molecule has 0 aromatic carbocycles. The maximum Gasteiger partial charge on any atom is 0.315 e. The van der Waals surface area contributed by atoms with Crippen LogP contribution in [0.2, 0.25) is 0 Å². The molecule has 0 unspecified atom stereocenters. The fourth-order valence-corrected chi connectivity index (χ4v) is 1.45. The lowest BCUT2D eigenvalue weighted by molar-refractivity contribution is 0.124. The molecule has 2 rings (SSSR count). The van der Waals surface area contributed by atoms with Crippen LogP contribution in [0.4, 0.5) is 6.01 Å². The zero-order chi connectivity index (χ0) is 11.9. The van der Waals surface area contributed by atoms with Crippen LogP contribution in [0, 0.1) is 5.92 Å². The van der Waals surface area contributed by atoms with Gasteiger partial charge in [-0.05, 0) is 25.2 Å². The number of hydrogen-bond donors (Lipinski definition) is 2. The maximum absolute atomic E-state index is 5.52. The molecule has 0 atom stereocenters. The van der Waals surface area contributed by atoms with Crippen molar-refractivity contribution in [2.75, 3.05) is 31.6 Å². The van der Waals surface area contributed by atoms with E-state index in [1.165, 1.54) is 12.8 Å². The Morgan fingerprint density at radius 2 is 2.29 bits per heavy atom. The molecule has 0 saturated heterocycles. The van der Waals surface area contributed by atoms with E-state index in [0.29, 0.717) is 24.9 Å². The molecule has 96 valence electrons. The van der Waals surface area contributed by atoms with E-state index in [-0.39, 0.29) is 0 Å². The van der Waals surface area contributed by atoms with Gasteiger partial charge >= 0.3 is 6.01 Å². The lowest BCUT2D eigenvalue weighted by Crippen LogP contribution is -2.07. The van der Waals surface area contributed by atoms with E-state index in [0.717, 1.165) is 32.1 Å². The van der Waals surface area contributed by atoms with Crippen LogP contribution in [0.25, 0.3) is 0 Å². The first-order valence-corrected chi connectivity index (χ1v) is 6.22. The number of hydrogen-bond acceptors (Lipinski definition) is 6. The van der Waals surface area contributed by atoms with E-state index in [1.807, 2.05) is 0 Å².